The van der Waals surface area contributed by atoms with E-state index in [0.29, 0.717) is 11.5 Å². The summed E-state index contributed by atoms with van der Waals surface area (Å²) >= 11 is 0. The van der Waals surface area contributed by atoms with Crippen molar-refractivity contribution in [3.05, 3.63) is 52.7 Å². The maximum absolute atomic E-state index is 11.8. The Balaban J connectivity index is 1.35. The minimum absolute atomic E-state index is 0.0611. The van der Waals surface area contributed by atoms with Crippen LogP contribution in [0.2, 0.25) is 0 Å². The quantitative estimate of drug-likeness (QED) is 0.431. The number of benzene rings is 1. The lowest BCUT2D eigenvalue weighted by Gasteiger charge is -2.31. The van der Waals surface area contributed by atoms with Crippen LogP contribution in [-0.2, 0) is 13.0 Å². The number of aliphatic imine (C=N–C) groups is 1. The number of amides is 1. The van der Waals surface area contributed by atoms with Gasteiger partial charge in [0, 0.05) is 32.7 Å². The average molecular weight is 441 g/mol. The lowest BCUT2D eigenvalue weighted by molar-refractivity contribution is 0.0963. The average Bonchev–Trinajstić information content (AvgIpc) is 3.13. The number of rotatable bonds is 8. The van der Waals surface area contributed by atoms with Crippen LogP contribution in [0.4, 0.5) is 0 Å². The highest BCUT2D eigenvalue weighted by atomic mass is 16.4. The number of hydrogen-bond acceptors (Lipinski definition) is 5. The van der Waals surface area contributed by atoms with Gasteiger partial charge in [-0.1, -0.05) is 12.1 Å². The molecule has 0 atom stereocenters. The molecular formula is C24H36N6O2. The van der Waals surface area contributed by atoms with Crippen molar-refractivity contribution in [2.75, 3.05) is 40.3 Å². The fourth-order valence-corrected chi connectivity index (χ4v) is 3.95. The summed E-state index contributed by atoms with van der Waals surface area (Å²) < 4.78 is 5.72. The van der Waals surface area contributed by atoms with E-state index in [1.54, 1.807) is 14.1 Å². The number of carbonyl (C=O) groups excluding carboxylic acids is 1. The van der Waals surface area contributed by atoms with Crippen LogP contribution in [0, 0.1) is 19.8 Å². The van der Waals surface area contributed by atoms with E-state index in [-0.39, 0.29) is 5.91 Å². The van der Waals surface area contributed by atoms with E-state index >= 15 is 0 Å². The molecule has 1 saturated heterocycles. The van der Waals surface area contributed by atoms with Crippen LogP contribution in [0.15, 0.2) is 33.7 Å². The number of aryl methyl sites for hydroxylation is 2. The van der Waals surface area contributed by atoms with E-state index < -0.39 is 0 Å². The fraction of sp³-hybridized carbons (Fsp3) is 0.542. The molecule has 1 aromatic heterocycles. The zero-order valence-corrected chi connectivity index (χ0v) is 19.7. The zero-order chi connectivity index (χ0) is 22.9. The van der Waals surface area contributed by atoms with Crippen molar-refractivity contribution in [2.45, 2.75) is 39.7 Å². The van der Waals surface area contributed by atoms with E-state index in [1.165, 1.54) is 0 Å². The van der Waals surface area contributed by atoms with Crippen molar-refractivity contribution in [3.8, 4) is 0 Å². The first-order chi connectivity index (χ1) is 15.5. The highest BCUT2D eigenvalue weighted by Gasteiger charge is 2.21. The maximum Gasteiger partial charge on any atom is 0.251 e. The van der Waals surface area contributed by atoms with Crippen molar-refractivity contribution >= 4 is 11.9 Å². The minimum Gasteiger partial charge on any atom is -0.444 e. The SMILES string of the molecule is CN=C(NCCc1cccc(C(=O)NC)c1)NCC1CCN(Cc2nc(C)c(C)o2)CC1. The molecule has 0 unspecified atom stereocenters. The number of nitrogens with zero attached hydrogens (tertiary/aromatic N) is 3. The van der Waals surface area contributed by atoms with Crippen molar-refractivity contribution in [1.29, 1.82) is 0 Å². The summed E-state index contributed by atoms with van der Waals surface area (Å²) in [5.41, 5.74) is 2.79. The third-order valence-corrected chi connectivity index (χ3v) is 6.04. The van der Waals surface area contributed by atoms with Gasteiger partial charge in [-0.05, 0) is 69.8 Å². The normalized spacial score (nSPS) is 15.6. The number of oxazole rings is 1. The van der Waals surface area contributed by atoms with Gasteiger partial charge in [0.15, 0.2) is 5.96 Å². The Morgan fingerprint density at radius 1 is 1.25 bits per heavy atom. The van der Waals surface area contributed by atoms with Crippen LogP contribution >= 0.6 is 0 Å². The topological polar surface area (TPSA) is 94.8 Å². The molecule has 1 aliphatic heterocycles. The van der Waals surface area contributed by atoms with Crippen LogP contribution in [-0.4, -0.2) is 62.0 Å². The smallest absolute Gasteiger partial charge is 0.251 e. The molecule has 0 spiro atoms. The lowest BCUT2D eigenvalue weighted by Crippen LogP contribution is -2.43. The Labute approximate surface area is 190 Å². The third kappa shape index (κ3) is 6.82. The molecule has 2 aromatic rings. The van der Waals surface area contributed by atoms with E-state index in [0.717, 1.165) is 80.9 Å². The molecule has 1 aromatic carbocycles. The molecule has 0 saturated carbocycles. The van der Waals surface area contributed by atoms with Gasteiger partial charge in [-0.25, -0.2) is 4.98 Å². The van der Waals surface area contributed by atoms with Gasteiger partial charge in [-0.3, -0.25) is 14.7 Å². The standard InChI is InChI=1S/C24H36N6O2/c1-17-18(2)32-22(29-17)16-30-12-9-20(10-13-30)15-28-24(26-4)27-11-8-19-6-5-7-21(14-19)23(31)25-3/h5-7,14,20H,8-13,15-16H2,1-4H3,(H,25,31)(H2,26,27,28). The predicted molar refractivity (Wildman–Crippen MR) is 127 cm³/mol. The van der Waals surface area contributed by atoms with Gasteiger partial charge in [-0.2, -0.15) is 0 Å². The molecule has 0 radical (unpaired) electrons. The molecule has 0 aliphatic carbocycles. The number of nitrogens with one attached hydrogen (secondary N) is 3. The second kappa shape index (κ2) is 11.7. The molecule has 1 aliphatic rings. The molecule has 32 heavy (non-hydrogen) atoms. The molecule has 0 bridgehead atoms. The van der Waals surface area contributed by atoms with Gasteiger partial charge in [0.1, 0.15) is 5.76 Å². The van der Waals surface area contributed by atoms with Gasteiger partial charge < -0.3 is 20.4 Å². The summed E-state index contributed by atoms with van der Waals surface area (Å²) in [5.74, 6) is 3.12. The maximum atomic E-state index is 11.8. The Hall–Kier alpha value is -2.87. The summed E-state index contributed by atoms with van der Waals surface area (Å²) in [4.78, 5) is 23.0. The van der Waals surface area contributed by atoms with Crippen LogP contribution in [0.5, 0.6) is 0 Å². The van der Waals surface area contributed by atoms with Crippen LogP contribution < -0.4 is 16.0 Å². The van der Waals surface area contributed by atoms with E-state index in [4.69, 9.17) is 4.42 Å². The number of hydrogen-bond donors (Lipinski definition) is 3. The molecule has 1 amide bonds. The van der Waals surface area contributed by atoms with Crippen LogP contribution in [0.25, 0.3) is 0 Å². The first kappa shape index (κ1) is 23.8. The van der Waals surface area contributed by atoms with E-state index in [9.17, 15) is 4.79 Å². The Kier molecular flexibility index (Phi) is 8.67. The first-order valence-corrected chi connectivity index (χ1v) is 11.4. The van der Waals surface area contributed by atoms with Crippen LogP contribution in [0.3, 0.4) is 0 Å². The van der Waals surface area contributed by atoms with Crippen molar-refractivity contribution in [2.24, 2.45) is 10.9 Å². The molecule has 3 rings (SSSR count). The highest BCUT2D eigenvalue weighted by molar-refractivity contribution is 5.94. The second-order valence-electron chi connectivity index (χ2n) is 8.38. The molecular weight excluding hydrogens is 404 g/mol. The third-order valence-electron chi connectivity index (χ3n) is 6.04. The summed E-state index contributed by atoms with van der Waals surface area (Å²) in [5, 5.41) is 9.50. The molecule has 2 heterocycles. The molecule has 174 valence electrons. The highest BCUT2D eigenvalue weighted by Crippen LogP contribution is 2.19. The minimum atomic E-state index is -0.0611. The predicted octanol–water partition coefficient (Wildman–Crippen LogP) is 2.27. The Morgan fingerprint density at radius 3 is 2.69 bits per heavy atom. The summed E-state index contributed by atoms with van der Waals surface area (Å²) in [6, 6.07) is 7.72. The number of guanidine groups is 1. The molecule has 1 fully saturated rings. The molecule has 3 N–H and O–H groups in total. The fourth-order valence-electron chi connectivity index (χ4n) is 3.95. The van der Waals surface area contributed by atoms with E-state index in [1.807, 2.05) is 38.1 Å². The zero-order valence-electron chi connectivity index (χ0n) is 19.7. The van der Waals surface area contributed by atoms with Gasteiger partial charge in [-0.15, -0.1) is 0 Å². The van der Waals surface area contributed by atoms with Gasteiger partial charge in [0.2, 0.25) is 5.89 Å². The summed E-state index contributed by atoms with van der Waals surface area (Å²) in [6.45, 7) is 8.52. The molecule has 8 heteroatoms. The number of carbonyl (C=O) groups is 1. The van der Waals surface area contributed by atoms with E-state index in [2.05, 4.69) is 30.8 Å². The largest absolute Gasteiger partial charge is 0.444 e. The van der Waals surface area contributed by atoms with Crippen LogP contribution in [0.1, 0.15) is 46.1 Å². The number of aromatic nitrogens is 1. The van der Waals surface area contributed by atoms with Gasteiger partial charge >= 0.3 is 0 Å². The molecule has 8 nitrogen and oxygen atoms in total. The number of likely N-dealkylation sites (tertiary alicyclic amines) is 1. The monoisotopic (exact) mass is 440 g/mol. The van der Waals surface area contributed by atoms with Gasteiger partial charge in [0.25, 0.3) is 5.91 Å². The Morgan fingerprint density at radius 2 is 2.03 bits per heavy atom. The van der Waals surface area contributed by atoms with Crippen molar-refractivity contribution < 1.29 is 9.21 Å². The summed E-state index contributed by atoms with van der Waals surface area (Å²) in [6.07, 6.45) is 3.12. The Bertz CT molecular complexity index is 895. The first-order valence-electron chi connectivity index (χ1n) is 11.4. The second-order valence-corrected chi connectivity index (χ2v) is 8.38. The van der Waals surface area contributed by atoms with Crippen molar-refractivity contribution in [3.63, 3.8) is 0 Å². The number of piperidine rings is 1. The van der Waals surface area contributed by atoms with Gasteiger partial charge in [0.05, 0.1) is 12.2 Å². The van der Waals surface area contributed by atoms with Crippen molar-refractivity contribution in [1.82, 2.24) is 25.8 Å². The lowest BCUT2D eigenvalue weighted by atomic mass is 9.97. The summed E-state index contributed by atoms with van der Waals surface area (Å²) in [7, 11) is 3.44.